The molecule has 0 radical (unpaired) electrons. The van der Waals surface area contributed by atoms with E-state index in [4.69, 9.17) is 4.74 Å². The first-order valence-electron chi connectivity index (χ1n) is 7.61. The molecule has 25 heavy (non-hydrogen) atoms. The van der Waals surface area contributed by atoms with Crippen molar-refractivity contribution in [2.45, 2.75) is 29.5 Å². The molecule has 1 aromatic rings. The van der Waals surface area contributed by atoms with Crippen LogP contribution in [0, 0.1) is 0 Å². The van der Waals surface area contributed by atoms with Crippen LogP contribution in [0.2, 0.25) is 0 Å². The molecule has 6 nitrogen and oxygen atoms in total. The second-order valence-corrected chi connectivity index (χ2v) is 6.57. The highest BCUT2D eigenvalue weighted by Gasteiger charge is 2.24. The molecular weight excluding hydrogens is 354 g/mol. The smallest absolute Gasteiger partial charge is 0.339 e. The van der Waals surface area contributed by atoms with Crippen LogP contribution in [-0.2, 0) is 14.3 Å². The summed E-state index contributed by atoms with van der Waals surface area (Å²) in [5.41, 5.74) is -0.0327. The molecule has 2 amide bonds. The summed E-state index contributed by atoms with van der Waals surface area (Å²) >= 11 is 0.231. The zero-order valence-electron chi connectivity index (χ0n) is 13.5. The predicted molar refractivity (Wildman–Crippen MR) is 87.4 cm³/mol. The minimum atomic E-state index is -2.67. The molecule has 1 saturated carbocycles. The summed E-state index contributed by atoms with van der Waals surface area (Å²) in [5, 5.41) is 2.74. The Morgan fingerprint density at radius 2 is 2.00 bits per heavy atom. The normalized spacial score (nSPS) is 13.4. The van der Waals surface area contributed by atoms with Gasteiger partial charge < -0.3 is 15.0 Å². The standard InChI is InChI=1S/C16H18F2N2O4S/c1-20(8-13(21)19-10-6-7-10)14(22)9-24-15(23)11-4-2-3-5-12(11)25-16(17)18/h2-5,10,16H,6-9H2,1H3,(H,19,21). The molecule has 136 valence electrons. The van der Waals surface area contributed by atoms with E-state index in [1.807, 2.05) is 0 Å². The molecule has 0 bridgehead atoms. The van der Waals surface area contributed by atoms with Crippen LogP contribution in [0.25, 0.3) is 0 Å². The monoisotopic (exact) mass is 372 g/mol. The van der Waals surface area contributed by atoms with Gasteiger partial charge in [-0.15, -0.1) is 0 Å². The van der Waals surface area contributed by atoms with E-state index in [9.17, 15) is 23.2 Å². The van der Waals surface area contributed by atoms with E-state index in [0.717, 1.165) is 17.7 Å². The number of nitrogens with zero attached hydrogens (tertiary/aromatic N) is 1. The number of carbonyl (C=O) groups is 3. The van der Waals surface area contributed by atoms with Crippen LogP contribution in [0.5, 0.6) is 0 Å². The Hall–Kier alpha value is -2.16. The van der Waals surface area contributed by atoms with Crippen molar-refractivity contribution in [3.8, 4) is 0 Å². The fraction of sp³-hybridized carbons (Fsp3) is 0.438. The van der Waals surface area contributed by atoms with Crippen molar-refractivity contribution in [2.24, 2.45) is 0 Å². The summed E-state index contributed by atoms with van der Waals surface area (Å²) < 4.78 is 29.9. The topological polar surface area (TPSA) is 75.7 Å². The number of nitrogens with one attached hydrogen (secondary N) is 1. The molecule has 1 fully saturated rings. The molecule has 0 unspecified atom stereocenters. The third-order valence-electron chi connectivity index (χ3n) is 3.40. The Labute approximate surface area is 147 Å². The van der Waals surface area contributed by atoms with Gasteiger partial charge in [0.2, 0.25) is 5.91 Å². The van der Waals surface area contributed by atoms with Crippen LogP contribution >= 0.6 is 11.8 Å². The van der Waals surface area contributed by atoms with Gasteiger partial charge in [0.05, 0.1) is 12.1 Å². The summed E-state index contributed by atoms with van der Waals surface area (Å²) in [7, 11) is 1.42. The molecule has 9 heteroatoms. The summed E-state index contributed by atoms with van der Waals surface area (Å²) in [6.45, 7) is -0.704. The maximum atomic E-state index is 12.5. The van der Waals surface area contributed by atoms with E-state index in [1.54, 1.807) is 0 Å². The van der Waals surface area contributed by atoms with E-state index in [0.29, 0.717) is 0 Å². The lowest BCUT2D eigenvalue weighted by Crippen LogP contribution is -2.40. The molecule has 0 heterocycles. The van der Waals surface area contributed by atoms with Gasteiger partial charge in [-0.25, -0.2) is 4.79 Å². The number of likely N-dealkylation sites (N-methyl/N-ethyl adjacent to an activating group) is 1. The first-order chi connectivity index (χ1) is 11.9. The van der Waals surface area contributed by atoms with Gasteiger partial charge in [0.15, 0.2) is 6.61 Å². The average Bonchev–Trinajstić information content (AvgIpc) is 3.35. The molecule has 0 atom stereocenters. The number of thioether (sulfide) groups is 1. The van der Waals surface area contributed by atoms with Gasteiger partial charge in [0.25, 0.3) is 11.7 Å². The lowest BCUT2D eigenvalue weighted by Gasteiger charge is -2.17. The summed E-state index contributed by atoms with van der Waals surface area (Å²) in [5.74, 6) is -4.37. The number of rotatable bonds is 8. The van der Waals surface area contributed by atoms with Crippen molar-refractivity contribution in [3.05, 3.63) is 29.8 Å². The quantitative estimate of drug-likeness (QED) is 0.557. The van der Waals surface area contributed by atoms with E-state index in [2.05, 4.69) is 5.32 Å². The van der Waals surface area contributed by atoms with Crippen LogP contribution < -0.4 is 5.32 Å². The highest BCUT2D eigenvalue weighted by Crippen LogP contribution is 2.28. The number of esters is 1. The first kappa shape index (κ1) is 19.2. The minimum absolute atomic E-state index is 0.0327. The molecule has 1 aliphatic carbocycles. The Morgan fingerprint density at radius 3 is 2.64 bits per heavy atom. The number of hydrogen-bond donors (Lipinski definition) is 1. The third kappa shape index (κ3) is 6.33. The van der Waals surface area contributed by atoms with E-state index >= 15 is 0 Å². The molecule has 2 rings (SSSR count). The van der Waals surface area contributed by atoms with Crippen LogP contribution in [-0.4, -0.2) is 54.7 Å². The summed E-state index contributed by atoms with van der Waals surface area (Å²) in [4.78, 5) is 36.8. The van der Waals surface area contributed by atoms with Gasteiger partial charge in [-0.2, -0.15) is 8.78 Å². The fourth-order valence-corrected chi connectivity index (χ4v) is 2.58. The lowest BCUT2D eigenvalue weighted by atomic mass is 10.2. The zero-order valence-corrected chi connectivity index (χ0v) is 14.4. The molecule has 0 aliphatic heterocycles. The Bertz CT molecular complexity index is 653. The van der Waals surface area contributed by atoms with Crippen molar-refractivity contribution in [3.63, 3.8) is 0 Å². The zero-order chi connectivity index (χ0) is 18.4. The van der Waals surface area contributed by atoms with Gasteiger partial charge in [-0.1, -0.05) is 23.9 Å². The Kier molecular flexibility index (Phi) is 6.74. The fourth-order valence-electron chi connectivity index (χ4n) is 1.95. The predicted octanol–water partition coefficient (Wildman–Crippen LogP) is 1.90. The maximum absolute atomic E-state index is 12.5. The van der Waals surface area contributed by atoms with Crippen LogP contribution in [0.3, 0.4) is 0 Å². The largest absolute Gasteiger partial charge is 0.452 e. The number of amides is 2. The second-order valence-electron chi connectivity index (χ2n) is 5.54. The van der Waals surface area contributed by atoms with Crippen LogP contribution in [0.4, 0.5) is 8.78 Å². The molecular formula is C16H18F2N2O4S. The van der Waals surface area contributed by atoms with Gasteiger partial charge in [-0.05, 0) is 25.0 Å². The maximum Gasteiger partial charge on any atom is 0.339 e. The highest BCUT2D eigenvalue weighted by molar-refractivity contribution is 7.99. The molecule has 0 saturated heterocycles. The average molecular weight is 372 g/mol. The molecule has 1 aromatic carbocycles. The summed E-state index contributed by atoms with van der Waals surface area (Å²) in [6, 6.07) is 5.97. The Morgan fingerprint density at radius 1 is 1.32 bits per heavy atom. The van der Waals surface area contributed by atoms with Gasteiger partial charge in [0, 0.05) is 18.0 Å². The van der Waals surface area contributed by atoms with Crippen molar-refractivity contribution in [2.75, 3.05) is 20.2 Å². The Balaban J connectivity index is 1.84. The third-order valence-corrected chi connectivity index (χ3v) is 4.19. The van der Waals surface area contributed by atoms with Crippen LogP contribution in [0.15, 0.2) is 29.2 Å². The van der Waals surface area contributed by atoms with Crippen molar-refractivity contribution in [1.82, 2.24) is 10.2 Å². The number of benzene rings is 1. The number of alkyl halides is 2. The van der Waals surface area contributed by atoms with Crippen molar-refractivity contribution >= 4 is 29.5 Å². The van der Waals surface area contributed by atoms with Gasteiger partial charge >= 0.3 is 5.97 Å². The van der Waals surface area contributed by atoms with Gasteiger partial charge in [-0.3, -0.25) is 9.59 Å². The van der Waals surface area contributed by atoms with Crippen molar-refractivity contribution in [1.29, 1.82) is 0 Å². The molecule has 0 spiro atoms. The second kappa shape index (κ2) is 8.80. The molecule has 1 N–H and O–H groups in total. The minimum Gasteiger partial charge on any atom is -0.452 e. The molecule has 1 aliphatic rings. The van der Waals surface area contributed by atoms with Crippen molar-refractivity contribution < 1.29 is 27.9 Å². The number of carbonyl (C=O) groups excluding carboxylic acids is 3. The SMILES string of the molecule is CN(CC(=O)NC1CC1)C(=O)COC(=O)c1ccccc1SC(F)F. The molecule has 0 aromatic heterocycles. The van der Waals surface area contributed by atoms with Gasteiger partial charge in [0.1, 0.15) is 0 Å². The first-order valence-corrected chi connectivity index (χ1v) is 8.49. The number of hydrogen-bond acceptors (Lipinski definition) is 5. The lowest BCUT2D eigenvalue weighted by molar-refractivity contribution is -0.137. The summed E-state index contributed by atoms with van der Waals surface area (Å²) in [6.07, 6.45) is 1.88. The van der Waals surface area contributed by atoms with E-state index in [1.165, 1.54) is 31.3 Å². The number of halogens is 2. The van der Waals surface area contributed by atoms with E-state index in [-0.39, 0.29) is 40.7 Å². The highest BCUT2D eigenvalue weighted by atomic mass is 32.2. The van der Waals surface area contributed by atoms with Crippen LogP contribution in [0.1, 0.15) is 23.2 Å². The van der Waals surface area contributed by atoms with E-state index < -0.39 is 24.2 Å². The number of ether oxygens (including phenoxy) is 1.